The highest BCUT2D eigenvalue weighted by atomic mass is 16.5. The highest BCUT2D eigenvalue weighted by Crippen LogP contribution is 2.06. The van der Waals surface area contributed by atoms with E-state index in [0.717, 1.165) is 26.2 Å². The summed E-state index contributed by atoms with van der Waals surface area (Å²) in [6.07, 6.45) is 0. The molecule has 16 heavy (non-hydrogen) atoms. The molecular weight excluding hydrogens is 206 g/mol. The highest BCUT2D eigenvalue weighted by Gasteiger charge is 2.28. The molecule has 5 heteroatoms. The summed E-state index contributed by atoms with van der Waals surface area (Å²) in [4.78, 5) is 14.1. The van der Waals surface area contributed by atoms with Crippen LogP contribution in [0.2, 0.25) is 0 Å². The van der Waals surface area contributed by atoms with Crippen LogP contribution in [0.1, 0.15) is 13.8 Å². The number of ether oxygens (including phenoxy) is 1. The molecule has 0 aromatic rings. The SMILES string of the molecule is CNCCN1CCOCC1C(=O)NC(C)C. The summed E-state index contributed by atoms with van der Waals surface area (Å²) >= 11 is 0. The van der Waals surface area contributed by atoms with Crippen LogP contribution >= 0.6 is 0 Å². The van der Waals surface area contributed by atoms with Gasteiger partial charge in [0.25, 0.3) is 0 Å². The van der Waals surface area contributed by atoms with Crippen LogP contribution in [0.25, 0.3) is 0 Å². The Morgan fingerprint density at radius 2 is 2.31 bits per heavy atom. The number of amides is 1. The van der Waals surface area contributed by atoms with Gasteiger partial charge in [0.05, 0.1) is 13.2 Å². The second kappa shape index (κ2) is 6.83. The van der Waals surface area contributed by atoms with E-state index in [-0.39, 0.29) is 18.0 Å². The van der Waals surface area contributed by atoms with Gasteiger partial charge in [-0.2, -0.15) is 0 Å². The first-order chi connectivity index (χ1) is 7.65. The molecule has 0 aromatic heterocycles. The van der Waals surface area contributed by atoms with Crippen molar-refractivity contribution in [3.05, 3.63) is 0 Å². The third kappa shape index (κ3) is 4.08. The van der Waals surface area contributed by atoms with E-state index in [0.29, 0.717) is 6.61 Å². The molecule has 94 valence electrons. The molecule has 0 radical (unpaired) electrons. The topological polar surface area (TPSA) is 53.6 Å². The van der Waals surface area contributed by atoms with Gasteiger partial charge in [-0.05, 0) is 20.9 Å². The first-order valence-corrected chi connectivity index (χ1v) is 5.92. The average molecular weight is 229 g/mol. The van der Waals surface area contributed by atoms with Crippen molar-refractivity contribution < 1.29 is 9.53 Å². The summed E-state index contributed by atoms with van der Waals surface area (Å²) in [5.74, 6) is 0.0748. The highest BCUT2D eigenvalue weighted by molar-refractivity contribution is 5.82. The second-order valence-electron chi connectivity index (χ2n) is 4.39. The fraction of sp³-hybridized carbons (Fsp3) is 0.909. The third-order valence-electron chi connectivity index (χ3n) is 2.62. The molecule has 5 nitrogen and oxygen atoms in total. The minimum Gasteiger partial charge on any atom is -0.378 e. The van der Waals surface area contributed by atoms with Crippen molar-refractivity contribution >= 4 is 5.91 Å². The molecule has 0 spiro atoms. The van der Waals surface area contributed by atoms with Crippen molar-refractivity contribution in [3.8, 4) is 0 Å². The van der Waals surface area contributed by atoms with Crippen LogP contribution < -0.4 is 10.6 Å². The summed E-state index contributed by atoms with van der Waals surface area (Å²) < 4.78 is 5.37. The molecule has 1 aliphatic rings. The molecule has 0 bridgehead atoms. The molecule has 1 amide bonds. The van der Waals surface area contributed by atoms with Gasteiger partial charge in [0.15, 0.2) is 0 Å². The van der Waals surface area contributed by atoms with Gasteiger partial charge in [-0.3, -0.25) is 9.69 Å². The fourth-order valence-corrected chi connectivity index (χ4v) is 1.78. The minimum atomic E-state index is -0.135. The molecule has 1 atom stereocenters. The number of hydrogen-bond acceptors (Lipinski definition) is 4. The Morgan fingerprint density at radius 3 is 2.94 bits per heavy atom. The maximum absolute atomic E-state index is 11.9. The summed E-state index contributed by atoms with van der Waals surface area (Å²) in [5, 5.41) is 6.04. The Labute approximate surface area is 97.5 Å². The number of nitrogens with one attached hydrogen (secondary N) is 2. The van der Waals surface area contributed by atoms with E-state index in [4.69, 9.17) is 4.74 Å². The number of rotatable bonds is 5. The lowest BCUT2D eigenvalue weighted by atomic mass is 10.2. The number of carbonyl (C=O) groups is 1. The fourth-order valence-electron chi connectivity index (χ4n) is 1.78. The molecule has 1 rings (SSSR count). The van der Waals surface area contributed by atoms with Gasteiger partial charge in [0.2, 0.25) is 5.91 Å². The lowest BCUT2D eigenvalue weighted by Gasteiger charge is -2.34. The number of nitrogens with zero attached hydrogens (tertiary/aromatic N) is 1. The summed E-state index contributed by atoms with van der Waals surface area (Å²) in [6, 6.07) is 0.0464. The van der Waals surface area contributed by atoms with Gasteiger partial charge in [0, 0.05) is 25.7 Å². The molecule has 1 heterocycles. The molecule has 1 saturated heterocycles. The van der Waals surface area contributed by atoms with Crippen LogP contribution in [-0.2, 0) is 9.53 Å². The van der Waals surface area contributed by atoms with Crippen LogP contribution in [0.3, 0.4) is 0 Å². The quantitative estimate of drug-likeness (QED) is 0.663. The van der Waals surface area contributed by atoms with Gasteiger partial charge >= 0.3 is 0 Å². The van der Waals surface area contributed by atoms with Crippen molar-refractivity contribution in [2.45, 2.75) is 25.9 Å². The van der Waals surface area contributed by atoms with E-state index in [2.05, 4.69) is 15.5 Å². The maximum Gasteiger partial charge on any atom is 0.239 e. The van der Waals surface area contributed by atoms with Crippen LogP contribution in [0, 0.1) is 0 Å². The van der Waals surface area contributed by atoms with Crippen molar-refractivity contribution in [1.82, 2.24) is 15.5 Å². The minimum absolute atomic E-state index is 0.0748. The zero-order valence-corrected chi connectivity index (χ0v) is 10.5. The van der Waals surface area contributed by atoms with Crippen molar-refractivity contribution in [2.75, 3.05) is 39.9 Å². The Kier molecular flexibility index (Phi) is 5.73. The van der Waals surface area contributed by atoms with E-state index >= 15 is 0 Å². The van der Waals surface area contributed by atoms with Crippen LogP contribution in [0.5, 0.6) is 0 Å². The van der Waals surface area contributed by atoms with Gasteiger partial charge in [-0.15, -0.1) is 0 Å². The van der Waals surface area contributed by atoms with E-state index in [9.17, 15) is 4.79 Å². The molecule has 0 saturated carbocycles. The van der Waals surface area contributed by atoms with Gasteiger partial charge in [-0.1, -0.05) is 0 Å². The number of carbonyl (C=O) groups excluding carboxylic acids is 1. The molecule has 1 fully saturated rings. The van der Waals surface area contributed by atoms with Crippen LogP contribution in [0.15, 0.2) is 0 Å². The largest absolute Gasteiger partial charge is 0.378 e. The van der Waals surface area contributed by atoms with Crippen molar-refractivity contribution in [3.63, 3.8) is 0 Å². The van der Waals surface area contributed by atoms with E-state index in [1.165, 1.54) is 0 Å². The molecule has 0 aromatic carbocycles. The van der Waals surface area contributed by atoms with Gasteiger partial charge < -0.3 is 15.4 Å². The van der Waals surface area contributed by atoms with Crippen molar-refractivity contribution in [2.24, 2.45) is 0 Å². The summed E-state index contributed by atoms with van der Waals surface area (Å²) in [7, 11) is 1.92. The first-order valence-electron chi connectivity index (χ1n) is 5.92. The smallest absolute Gasteiger partial charge is 0.239 e. The predicted molar refractivity (Wildman–Crippen MR) is 63.4 cm³/mol. The van der Waals surface area contributed by atoms with Crippen LogP contribution in [-0.4, -0.2) is 62.8 Å². The van der Waals surface area contributed by atoms with Crippen molar-refractivity contribution in [1.29, 1.82) is 0 Å². The summed E-state index contributed by atoms with van der Waals surface area (Å²) in [5.41, 5.74) is 0. The van der Waals surface area contributed by atoms with Crippen LogP contribution in [0.4, 0.5) is 0 Å². The van der Waals surface area contributed by atoms with Gasteiger partial charge in [-0.25, -0.2) is 0 Å². The molecule has 0 aliphatic carbocycles. The number of morpholine rings is 1. The van der Waals surface area contributed by atoms with E-state index in [1.54, 1.807) is 0 Å². The monoisotopic (exact) mass is 229 g/mol. The van der Waals surface area contributed by atoms with Gasteiger partial charge in [0.1, 0.15) is 6.04 Å². The molecule has 2 N–H and O–H groups in total. The normalized spacial score (nSPS) is 22.4. The standard InChI is InChI=1S/C11H23N3O2/c1-9(2)13-11(15)10-8-16-7-6-14(10)5-4-12-3/h9-10,12H,4-8H2,1-3H3,(H,13,15). The first kappa shape index (κ1) is 13.4. The molecular formula is C11H23N3O2. The maximum atomic E-state index is 11.9. The predicted octanol–water partition coefficient (Wildman–Crippen LogP) is -0.569. The lowest BCUT2D eigenvalue weighted by molar-refractivity contribution is -0.132. The Bertz CT molecular complexity index is 221. The van der Waals surface area contributed by atoms with E-state index in [1.807, 2.05) is 20.9 Å². The van der Waals surface area contributed by atoms with E-state index < -0.39 is 0 Å². The Hall–Kier alpha value is -0.650. The zero-order chi connectivity index (χ0) is 12.0. The zero-order valence-electron chi connectivity index (χ0n) is 10.5. The molecule has 1 aliphatic heterocycles. The second-order valence-corrected chi connectivity index (χ2v) is 4.39. The number of hydrogen-bond donors (Lipinski definition) is 2. The Morgan fingerprint density at radius 1 is 1.56 bits per heavy atom. The summed E-state index contributed by atoms with van der Waals surface area (Å²) in [6.45, 7) is 7.77. The Balaban J connectivity index is 2.48. The lowest BCUT2D eigenvalue weighted by Crippen LogP contribution is -2.55. The third-order valence-corrected chi connectivity index (χ3v) is 2.62. The number of likely N-dealkylation sites (N-methyl/N-ethyl adjacent to an activating group) is 1. The average Bonchev–Trinajstić information content (AvgIpc) is 2.25. The molecule has 1 unspecified atom stereocenters.